The highest BCUT2D eigenvalue weighted by atomic mass is 32.2. The van der Waals surface area contributed by atoms with Crippen molar-refractivity contribution in [2.45, 2.75) is 23.5 Å². The predicted molar refractivity (Wildman–Crippen MR) is 129 cm³/mol. The number of methoxy groups -OCH3 is 1. The van der Waals surface area contributed by atoms with E-state index >= 15 is 0 Å². The summed E-state index contributed by atoms with van der Waals surface area (Å²) in [7, 11) is 1.35. The first kappa shape index (κ1) is 21.9. The Balaban J connectivity index is 1.85. The molecule has 3 aromatic rings. The van der Waals surface area contributed by atoms with Crippen LogP contribution in [0.25, 0.3) is 6.08 Å². The van der Waals surface area contributed by atoms with E-state index in [-0.39, 0.29) is 12.2 Å². The van der Waals surface area contributed by atoms with Crippen LogP contribution in [0.4, 0.5) is 0 Å². The van der Waals surface area contributed by atoms with Crippen molar-refractivity contribution in [2.75, 3.05) is 7.11 Å². The number of hydrogen-bond acceptors (Lipinski definition) is 4. The number of hydrogen-bond donors (Lipinski definition) is 0. The minimum Gasteiger partial charge on any atom is -0.468 e. The smallest absolute Gasteiger partial charge is 0.321 e. The summed E-state index contributed by atoms with van der Waals surface area (Å²) in [6, 6.07) is 25.2. The standard InChI is InChI=1S/C28H24O3S/c1-20-12-6-7-16-22(20)26-28(27(30)31-2,19-11-10-15-21-13-4-3-5-14-21)25(29)23-17-8-9-18-24(23)32-26/h3-9,11-18,26H,19H2,1-2H3. The number of aryl methyl sites for hydroxylation is 1. The van der Waals surface area contributed by atoms with E-state index in [9.17, 15) is 9.59 Å². The fourth-order valence-electron chi connectivity index (χ4n) is 4.14. The van der Waals surface area contributed by atoms with E-state index in [0.717, 1.165) is 21.6 Å². The molecule has 3 nitrogen and oxygen atoms in total. The summed E-state index contributed by atoms with van der Waals surface area (Å²) >= 11 is 1.55. The van der Waals surface area contributed by atoms with Crippen LogP contribution in [0, 0.1) is 12.3 Å². The Kier molecular flexibility index (Phi) is 6.45. The Hall–Kier alpha value is -3.33. The molecule has 1 aliphatic rings. The lowest BCUT2D eigenvalue weighted by Crippen LogP contribution is -2.46. The number of fused-ring (bicyclic) bond motifs is 1. The maximum atomic E-state index is 13.9. The van der Waals surface area contributed by atoms with Crippen molar-refractivity contribution in [1.29, 1.82) is 0 Å². The first-order chi connectivity index (χ1) is 15.6. The molecule has 0 radical (unpaired) electrons. The van der Waals surface area contributed by atoms with Gasteiger partial charge in [-0.25, -0.2) is 0 Å². The second-order valence-electron chi connectivity index (χ2n) is 7.77. The normalized spacial score (nSPS) is 19.4. The van der Waals surface area contributed by atoms with Crippen molar-refractivity contribution in [3.05, 3.63) is 113 Å². The topological polar surface area (TPSA) is 43.4 Å². The van der Waals surface area contributed by atoms with Crippen LogP contribution in [0.3, 0.4) is 0 Å². The van der Waals surface area contributed by atoms with Gasteiger partial charge in [-0.05, 0) is 48.3 Å². The highest BCUT2D eigenvalue weighted by Gasteiger charge is 2.56. The zero-order chi connectivity index (χ0) is 22.6. The Morgan fingerprint density at radius 3 is 2.47 bits per heavy atom. The van der Waals surface area contributed by atoms with Gasteiger partial charge in [0.05, 0.1) is 12.4 Å². The third kappa shape index (κ3) is 3.95. The van der Waals surface area contributed by atoms with Crippen LogP contribution in [0.15, 0.2) is 95.6 Å². The van der Waals surface area contributed by atoms with Crippen molar-refractivity contribution < 1.29 is 14.3 Å². The maximum Gasteiger partial charge on any atom is 0.321 e. The number of allylic oxidation sites excluding steroid dienone is 1. The Morgan fingerprint density at radius 2 is 1.72 bits per heavy atom. The van der Waals surface area contributed by atoms with Crippen molar-refractivity contribution in [3.8, 4) is 0 Å². The van der Waals surface area contributed by atoms with Gasteiger partial charge in [-0.3, -0.25) is 9.59 Å². The summed E-state index contributed by atoms with van der Waals surface area (Å²) in [4.78, 5) is 28.2. The van der Waals surface area contributed by atoms with Gasteiger partial charge in [0.2, 0.25) is 0 Å². The van der Waals surface area contributed by atoms with Gasteiger partial charge in [0.15, 0.2) is 11.2 Å². The second-order valence-corrected chi connectivity index (χ2v) is 8.92. The minimum atomic E-state index is -1.38. The molecule has 0 fully saturated rings. The van der Waals surface area contributed by atoms with Gasteiger partial charge in [-0.15, -0.1) is 17.5 Å². The molecular formula is C28H24O3S. The zero-order valence-electron chi connectivity index (χ0n) is 18.1. The average molecular weight is 441 g/mol. The molecule has 1 heterocycles. The monoisotopic (exact) mass is 440 g/mol. The summed E-state index contributed by atoms with van der Waals surface area (Å²) in [5, 5.41) is -0.409. The third-order valence-electron chi connectivity index (χ3n) is 5.84. The summed E-state index contributed by atoms with van der Waals surface area (Å²) in [5.41, 5.74) is 5.35. The lowest BCUT2D eigenvalue weighted by Gasteiger charge is -2.40. The molecule has 4 heteroatoms. The van der Waals surface area contributed by atoms with Crippen molar-refractivity contribution in [2.24, 2.45) is 5.41 Å². The summed E-state index contributed by atoms with van der Waals surface area (Å²) in [5.74, 6) is -0.722. The lowest BCUT2D eigenvalue weighted by atomic mass is 9.71. The van der Waals surface area contributed by atoms with Gasteiger partial charge in [0.1, 0.15) is 0 Å². The maximum absolute atomic E-state index is 13.9. The zero-order valence-corrected chi connectivity index (χ0v) is 18.9. The predicted octanol–water partition coefficient (Wildman–Crippen LogP) is 6.44. The van der Waals surface area contributed by atoms with E-state index in [1.165, 1.54) is 7.11 Å². The minimum absolute atomic E-state index is 0.197. The molecule has 0 aliphatic carbocycles. The summed E-state index contributed by atoms with van der Waals surface area (Å²) in [6.45, 7) is 2.01. The molecule has 1 aliphatic heterocycles. The number of carbonyl (C=O) groups is 2. The van der Waals surface area contributed by atoms with Gasteiger partial charge in [-0.2, -0.15) is 0 Å². The second kappa shape index (κ2) is 9.44. The highest BCUT2D eigenvalue weighted by Crippen LogP contribution is 2.57. The molecule has 2 atom stereocenters. The molecule has 0 aromatic heterocycles. The van der Waals surface area contributed by atoms with E-state index < -0.39 is 16.6 Å². The highest BCUT2D eigenvalue weighted by molar-refractivity contribution is 7.99. The van der Waals surface area contributed by atoms with Crippen LogP contribution in [-0.2, 0) is 9.53 Å². The number of rotatable bonds is 5. The third-order valence-corrected chi connectivity index (χ3v) is 7.34. The molecule has 160 valence electrons. The van der Waals surface area contributed by atoms with Gasteiger partial charge in [0.25, 0.3) is 0 Å². The van der Waals surface area contributed by atoms with Gasteiger partial charge in [-0.1, -0.05) is 72.8 Å². The van der Waals surface area contributed by atoms with Gasteiger partial charge in [0, 0.05) is 10.5 Å². The number of ether oxygens (including phenoxy) is 1. The summed E-state index contributed by atoms with van der Waals surface area (Å²) in [6.07, 6.45) is 3.83. The molecule has 0 spiro atoms. The van der Waals surface area contributed by atoms with Crippen molar-refractivity contribution >= 4 is 29.6 Å². The quantitative estimate of drug-likeness (QED) is 0.260. The molecule has 32 heavy (non-hydrogen) atoms. The number of ketones is 1. The number of benzene rings is 3. The molecule has 0 saturated carbocycles. The van der Waals surface area contributed by atoms with Crippen LogP contribution >= 0.6 is 11.8 Å². The average Bonchev–Trinajstić information content (AvgIpc) is 2.83. The van der Waals surface area contributed by atoms with E-state index in [2.05, 4.69) is 5.73 Å². The molecule has 4 rings (SSSR count). The van der Waals surface area contributed by atoms with Crippen molar-refractivity contribution in [3.63, 3.8) is 0 Å². The number of Topliss-reactive ketones (excluding diaryl/α,β-unsaturated/α-hetero) is 1. The van der Waals surface area contributed by atoms with Crippen LogP contribution < -0.4 is 0 Å². The van der Waals surface area contributed by atoms with Crippen LogP contribution in [0.5, 0.6) is 0 Å². The van der Waals surface area contributed by atoms with E-state index in [0.29, 0.717) is 5.56 Å². The summed E-state index contributed by atoms with van der Waals surface area (Å²) < 4.78 is 5.25. The molecule has 3 aromatic carbocycles. The first-order valence-corrected chi connectivity index (χ1v) is 11.4. The van der Waals surface area contributed by atoms with Gasteiger partial charge >= 0.3 is 5.97 Å². The molecule has 0 amide bonds. The van der Waals surface area contributed by atoms with Crippen LogP contribution in [0.1, 0.15) is 38.7 Å². The Labute approximate surface area is 192 Å². The first-order valence-electron chi connectivity index (χ1n) is 10.5. The molecule has 0 N–H and O–H groups in total. The van der Waals surface area contributed by atoms with E-state index in [4.69, 9.17) is 4.74 Å². The molecule has 2 unspecified atom stereocenters. The van der Waals surface area contributed by atoms with E-state index in [1.54, 1.807) is 23.9 Å². The largest absolute Gasteiger partial charge is 0.468 e. The number of carbonyl (C=O) groups excluding carboxylic acids is 2. The van der Waals surface area contributed by atoms with E-state index in [1.807, 2.05) is 85.8 Å². The fourth-order valence-corrected chi connectivity index (χ4v) is 5.73. The molecule has 0 saturated heterocycles. The Morgan fingerprint density at radius 1 is 1.03 bits per heavy atom. The SMILES string of the molecule is COC(=O)C1(CC=C=Cc2ccccc2)C(=O)c2ccccc2SC1c1ccccc1C. The van der Waals surface area contributed by atoms with Crippen LogP contribution in [-0.4, -0.2) is 18.9 Å². The van der Waals surface area contributed by atoms with Crippen molar-refractivity contribution in [1.82, 2.24) is 0 Å². The lowest BCUT2D eigenvalue weighted by molar-refractivity contribution is -0.149. The molecule has 0 bridgehead atoms. The number of esters is 1. The fraction of sp³-hybridized carbons (Fsp3) is 0.179. The van der Waals surface area contributed by atoms with Gasteiger partial charge < -0.3 is 4.74 Å². The van der Waals surface area contributed by atoms with Crippen LogP contribution in [0.2, 0.25) is 0 Å². The molecular weight excluding hydrogens is 416 g/mol. The Bertz CT molecular complexity index is 1210. The number of thioether (sulfide) groups is 1.